The van der Waals surface area contributed by atoms with Crippen LogP contribution < -0.4 is 5.32 Å². The Balaban J connectivity index is 3.58. The zero-order valence-corrected chi connectivity index (χ0v) is 7.15. The zero-order chi connectivity index (χ0) is 8.69. The van der Waals surface area contributed by atoms with E-state index in [1.807, 2.05) is 6.92 Å². The van der Waals surface area contributed by atoms with Gasteiger partial charge in [0.05, 0.1) is 6.61 Å². The van der Waals surface area contributed by atoms with Gasteiger partial charge in [-0.2, -0.15) is 0 Å². The highest BCUT2D eigenvalue weighted by molar-refractivity contribution is 5.06. The van der Waals surface area contributed by atoms with Gasteiger partial charge < -0.3 is 10.4 Å². The summed E-state index contributed by atoms with van der Waals surface area (Å²) in [7, 11) is 0. The lowest BCUT2D eigenvalue weighted by Crippen LogP contribution is -2.17. The second kappa shape index (κ2) is 6.31. The molecule has 0 aliphatic carbocycles. The van der Waals surface area contributed by atoms with Gasteiger partial charge in [0.1, 0.15) is 5.83 Å². The molecule has 0 heterocycles. The molecule has 0 atom stereocenters. The fraction of sp³-hybridized carbons (Fsp3) is 0.750. The summed E-state index contributed by atoms with van der Waals surface area (Å²) in [5.74, 6) is -0.249. The number of aliphatic hydroxyl groups is 1. The van der Waals surface area contributed by atoms with Crippen molar-refractivity contribution in [2.75, 3.05) is 19.7 Å². The lowest BCUT2D eigenvalue weighted by atomic mass is 10.3. The summed E-state index contributed by atoms with van der Waals surface area (Å²) < 4.78 is 12.8. The summed E-state index contributed by atoms with van der Waals surface area (Å²) in [4.78, 5) is 0. The third-order valence-electron chi connectivity index (χ3n) is 1.41. The van der Waals surface area contributed by atoms with E-state index in [9.17, 15) is 4.39 Å². The van der Waals surface area contributed by atoms with E-state index in [2.05, 4.69) is 5.32 Å². The molecule has 0 aromatic heterocycles. The average molecular weight is 161 g/mol. The van der Waals surface area contributed by atoms with Gasteiger partial charge in [-0.1, -0.05) is 6.92 Å². The van der Waals surface area contributed by atoms with Gasteiger partial charge in [-0.05, 0) is 25.5 Å². The molecule has 0 saturated carbocycles. The molecule has 66 valence electrons. The highest BCUT2D eigenvalue weighted by Crippen LogP contribution is 2.02. The highest BCUT2D eigenvalue weighted by Gasteiger charge is 1.98. The van der Waals surface area contributed by atoms with Crippen LogP contribution in [0.2, 0.25) is 0 Å². The predicted octanol–water partition coefficient (Wildman–Crippen LogP) is 1.22. The van der Waals surface area contributed by atoms with Crippen LogP contribution in [0.25, 0.3) is 0 Å². The van der Waals surface area contributed by atoms with Crippen molar-refractivity contribution in [3.8, 4) is 0 Å². The van der Waals surface area contributed by atoms with Crippen molar-refractivity contribution in [2.24, 2.45) is 0 Å². The number of aliphatic hydroxyl groups excluding tert-OH is 1. The van der Waals surface area contributed by atoms with Crippen molar-refractivity contribution < 1.29 is 9.50 Å². The molecule has 0 aliphatic heterocycles. The maximum Gasteiger partial charge on any atom is 0.115 e. The molecule has 0 aromatic rings. The van der Waals surface area contributed by atoms with Crippen LogP contribution >= 0.6 is 0 Å². The van der Waals surface area contributed by atoms with E-state index in [1.165, 1.54) is 0 Å². The first-order valence-electron chi connectivity index (χ1n) is 3.88. The van der Waals surface area contributed by atoms with E-state index in [-0.39, 0.29) is 19.0 Å². The Hall–Kier alpha value is -0.410. The number of hydrogen-bond acceptors (Lipinski definition) is 2. The predicted molar refractivity (Wildman–Crippen MR) is 44.1 cm³/mol. The van der Waals surface area contributed by atoms with E-state index in [0.29, 0.717) is 5.57 Å². The monoisotopic (exact) mass is 161 g/mol. The van der Waals surface area contributed by atoms with Crippen molar-refractivity contribution in [3.63, 3.8) is 0 Å². The van der Waals surface area contributed by atoms with Crippen LogP contribution in [-0.2, 0) is 0 Å². The third kappa shape index (κ3) is 4.93. The molecule has 0 radical (unpaired) electrons. The van der Waals surface area contributed by atoms with E-state index >= 15 is 0 Å². The maximum atomic E-state index is 12.8. The van der Waals surface area contributed by atoms with Crippen molar-refractivity contribution in [1.29, 1.82) is 0 Å². The smallest absolute Gasteiger partial charge is 0.115 e. The molecule has 11 heavy (non-hydrogen) atoms. The Morgan fingerprint density at radius 2 is 2.18 bits per heavy atom. The summed E-state index contributed by atoms with van der Waals surface area (Å²) >= 11 is 0. The van der Waals surface area contributed by atoms with Crippen LogP contribution in [0.4, 0.5) is 4.39 Å². The molecular weight excluding hydrogens is 145 g/mol. The summed E-state index contributed by atoms with van der Waals surface area (Å²) in [5, 5.41) is 11.4. The van der Waals surface area contributed by atoms with Gasteiger partial charge in [0, 0.05) is 6.54 Å². The second-order valence-corrected chi connectivity index (χ2v) is 2.52. The molecule has 0 aliphatic rings. The van der Waals surface area contributed by atoms with Gasteiger partial charge in [-0.3, -0.25) is 0 Å². The van der Waals surface area contributed by atoms with Crippen LogP contribution in [0.3, 0.4) is 0 Å². The molecule has 0 amide bonds. The zero-order valence-electron chi connectivity index (χ0n) is 7.15. The third-order valence-corrected chi connectivity index (χ3v) is 1.41. The molecule has 2 nitrogen and oxygen atoms in total. The molecule has 0 aromatic carbocycles. The van der Waals surface area contributed by atoms with Crippen LogP contribution in [0.5, 0.6) is 0 Å². The summed E-state index contributed by atoms with van der Waals surface area (Å²) in [6, 6.07) is 0. The van der Waals surface area contributed by atoms with E-state index in [4.69, 9.17) is 5.11 Å². The molecule has 0 fully saturated rings. The van der Waals surface area contributed by atoms with Crippen molar-refractivity contribution in [2.45, 2.75) is 20.3 Å². The quantitative estimate of drug-likeness (QED) is 0.594. The number of rotatable bonds is 5. The van der Waals surface area contributed by atoms with Gasteiger partial charge >= 0.3 is 0 Å². The minimum atomic E-state index is -0.249. The SMILES string of the molecule is CCCNC/C(F)=C(/C)CO. The van der Waals surface area contributed by atoms with Crippen LogP contribution in [0, 0.1) is 0 Å². The highest BCUT2D eigenvalue weighted by atomic mass is 19.1. The Morgan fingerprint density at radius 3 is 2.64 bits per heavy atom. The second-order valence-electron chi connectivity index (χ2n) is 2.52. The molecule has 0 bridgehead atoms. The average Bonchev–Trinajstić information content (AvgIpc) is 2.03. The molecule has 3 heteroatoms. The van der Waals surface area contributed by atoms with Crippen LogP contribution in [0.15, 0.2) is 11.4 Å². The fourth-order valence-electron chi connectivity index (χ4n) is 0.612. The van der Waals surface area contributed by atoms with Crippen molar-refractivity contribution in [3.05, 3.63) is 11.4 Å². The maximum absolute atomic E-state index is 12.8. The molecule has 0 saturated heterocycles. The summed E-state index contributed by atoms with van der Waals surface area (Å²) in [6.45, 7) is 4.46. The minimum absolute atomic E-state index is 0.195. The van der Waals surface area contributed by atoms with E-state index in [1.54, 1.807) is 6.92 Å². The number of nitrogens with one attached hydrogen (secondary N) is 1. The number of halogens is 1. The van der Waals surface area contributed by atoms with Crippen molar-refractivity contribution >= 4 is 0 Å². The van der Waals surface area contributed by atoms with Crippen LogP contribution in [0.1, 0.15) is 20.3 Å². The van der Waals surface area contributed by atoms with Gasteiger partial charge in [-0.15, -0.1) is 0 Å². The topological polar surface area (TPSA) is 32.3 Å². The van der Waals surface area contributed by atoms with Gasteiger partial charge in [0.2, 0.25) is 0 Å². The van der Waals surface area contributed by atoms with Crippen molar-refractivity contribution in [1.82, 2.24) is 5.32 Å². The Bertz CT molecular complexity index is 134. The van der Waals surface area contributed by atoms with Gasteiger partial charge in [-0.25, -0.2) is 4.39 Å². The first-order valence-corrected chi connectivity index (χ1v) is 3.88. The molecule has 0 unspecified atom stereocenters. The molecule has 2 N–H and O–H groups in total. The lowest BCUT2D eigenvalue weighted by Gasteiger charge is -2.02. The van der Waals surface area contributed by atoms with Gasteiger partial charge in [0.15, 0.2) is 0 Å². The summed E-state index contributed by atoms with van der Waals surface area (Å²) in [6.07, 6.45) is 0.992. The summed E-state index contributed by atoms with van der Waals surface area (Å²) in [5.41, 5.74) is 0.411. The minimum Gasteiger partial charge on any atom is -0.392 e. The Morgan fingerprint density at radius 1 is 1.55 bits per heavy atom. The Labute approximate surface area is 67.1 Å². The van der Waals surface area contributed by atoms with Gasteiger partial charge in [0.25, 0.3) is 0 Å². The fourth-order valence-corrected chi connectivity index (χ4v) is 0.612. The molecule has 0 rings (SSSR count). The van der Waals surface area contributed by atoms with E-state index in [0.717, 1.165) is 13.0 Å². The molecular formula is C8H16FNO. The normalized spacial score (nSPS) is 13.1. The number of hydrogen-bond donors (Lipinski definition) is 2. The largest absolute Gasteiger partial charge is 0.392 e. The standard InChI is InChI=1S/C8H16FNO/c1-3-4-10-5-8(9)7(2)6-11/h10-11H,3-6H2,1-2H3/b8-7+. The van der Waals surface area contributed by atoms with E-state index < -0.39 is 0 Å². The lowest BCUT2D eigenvalue weighted by molar-refractivity contribution is 0.325. The Kier molecular flexibility index (Phi) is 6.07. The first kappa shape index (κ1) is 10.6. The van der Waals surface area contributed by atoms with Crippen LogP contribution in [-0.4, -0.2) is 24.8 Å². The molecule has 0 spiro atoms. The first-order chi connectivity index (χ1) is 5.22.